The Morgan fingerprint density at radius 3 is 2.62 bits per heavy atom. The molecule has 1 saturated heterocycles. The van der Waals surface area contributed by atoms with Crippen molar-refractivity contribution in [3.63, 3.8) is 0 Å². The fraction of sp³-hybridized carbons (Fsp3) is 0.700. The molecule has 21 heavy (non-hydrogen) atoms. The van der Waals surface area contributed by atoms with Crippen LogP contribution < -0.4 is 0 Å². The highest BCUT2D eigenvalue weighted by Gasteiger charge is 2.52. The van der Waals surface area contributed by atoms with Gasteiger partial charge in [-0.1, -0.05) is 5.21 Å². The fourth-order valence-corrected chi connectivity index (χ4v) is 7.27. The third kappa shape index (κ3) is 2.49. The normalized spacial score (nSPS) is 27.1. The summed E-state index contributed by atoms with van der Waals surface area (Å²) in [5.74, 6) is -0.631. The molecule has 1 aliphatic heterocycles. The van der Waals surface area contributed by atoms with Crippen molar-refractivity contribution in [1.82, 2.24) is 19.3 Å². The van der Waals surface area contributed by atoms with Crippen LogP contribution in [0.25, 0.3) is 0 Å². The van der Waals surface area contributed by atoms with Gasteiger partial charge in [-0.05, 0) is 34.7 Å². The molecule has 1 aromatic rings. The van der Waals surface area contributed by atoms with Gasteiger partial charge in [0.05, 0.1) is 5.37 Å². The van der Waals surface area contributed by atoms with E-state index in [1.54, 1.807) is 0 Å². The van der Waals surface area contributed by atoms with Crippen molar-refractivity contribution in [2.75, 3.05) is 5.75 Å². The van der Waals surface area contributed by atoms with Crippen LogP contribution >= 0.6 is 27.7 Å². The van der Waals surface area contributed by atoms with E-state index < -0.39 is 22.0 Å². The molecule has 2 aliphatic rings. The van der Waals surface area contributed by atoms with Crippen molar-refractivity contribution in [3.8, 4) is 0 Å². The number of sulfonamides is 1. The Morgan fingerprint density at radius 2 is 2.14 bits per heavy atom. The van der Waals surface area contributed by atoms with Crippen molar-refractivity contribution in [2.45, 2.75) is 29.3 Å². The van der Waals surface area contributed by atoms with Gasteiger partial charge in [0, 0.05) is 12.8 Å². The third-order valence-corrected chi connectivity index (χ3v) is 7.93. The maximum atomic E-state index is 12.9. The van der Waals surface area contributed by atoms with Gasteiger partial charge in [0.25, 0.3) is 10.0 Å². The number of aliphatic carboxylic acids is 1. The molecule has 1 saturated carbocycles. The lowest BCUT2D eigenvalue weighted by molar-refractivity contribution is -0.140. The molecule has 116 valence electrons. The van der Waals surface area contributed by atoms with Crippen LogP contribution in [0, 0.1) is 5.92 Å². The Bertz CT molecular complexity index is 668. The summed E-state index contributed by atoms with van der Waals surface area (Å²) in [5.41, 5.74) is 0. The molecular weight excluding hydrogens is 384 g/mol. The lowest BCUT2D eigenvalue weighted by Crippen LogP contribution is -2.46. The van der Waals surface area contributed by atoms with E-state index in [0.717, 1.165) is 21.8 Å². The van der Waals surface area contributed by atoms with Gasteiger partial charge < -0.3 is 5.11 Å². The first-order valence-electron chi connectivity index (χ1n) is 6.27. The summed E-state index contributed by atoms with van der Waals surface area (Å²) in [6.07, 6.45) is 1.86. The van der Waals surface area contributed by atoms with Gasteiger partial charge >= 0.3 is 5.97 Å². The van der Waals surface area contributed by atoms with Gasteiger partial charge in [-0.2, -0.15) is 4.31 Å². The largest absolute Gasteiger partial charge is 0.480 e. The minimum atomic E-state index is -3.98. The zero-order valence-corrected chi connectivity index (χ0v) is 14.2. The fourth-order valence-electron chi connectivity index (χ4n) is 2.42. The predicted octanol–water partition coefficient (Wildman–Crippen LogP) is 0.504. The molecule has 1 N–H and O–H groups in total. The molecule has 1 aromatic heterocycles. The number of hydrogen-bond acceptors (Lipinski definition) is 6. The number of aryl methyl sites for hydroxylation is 1. The molecule has 2 fully saturated rings. The Balaban J connectivity index is 2.07. The third-order valence-electron chi connectivity index (χ3n) is 3.55. The molecule has 8 nitrogen and oxygen atoms in total. The first-order chi connectivity index (χ1) is 9.84. The van der Waals surface area contributed by atoms with Crippen LogP contribution in [0.15, 0.2) is 9.63 Å². The standard InChI is InChI=1S/C10H13BrN4O4S2/c1-14-9(7(11)12-13-14)21(18,19)15-6(10(16)17)4-20-8(15)5-2-3-5/h5-6,8H,2-4H2,1H3,(H,16,17). The number of nitrogens with zero attached hydrogens (tertiary/aromatic N) is 4. The molecule has 0 radical (unpaired) electrons. The van der Waals surface area contributed by atoms with E-state index >= 15 is 0 Å². The zero-order valence-electron chi connectivity index (χ0n) is 11.0. The molecule has 3 rings (SSSR count). The summed E-state index contributed by atoms with van der Waals surface area (Å²) < 4.78 is 28.2. The summed E-state index contributed by atoms with van der Waals surface area (Å²) in [4.78, 5) is 11.4. The summed E-state index contributed by atoms with van der Waals surface area (Å²) in [7, 11) is -2.51. The number of carbonyl (C=O) groups is 1. The second-order valence-electron chi connectivity index (χ2n) is 5.06. The molecule has 2 heterocycles. The molecule has 2 atom stereocenters. The number of aromatic nitrogens is 3. The second-order valence-corrected chi connectivity index (χ2v) is 8.72. The summed E-state index contributed by atoms with van der Waals surface area (Å²) in [5, 5.41) is 16.3. The monoisotopic (exact) mass is 396 g/mol. The van der Waals surface area contributed by atoms with E-state index in [4.69, 9.17) is 0 Å². The number of hydrogen-bond donors (Lipinski definition) is 1. The van der Waals surface area contributed by atoms with Crippen LogP contribution in [0.5, 0.6) is 0 Å². The van der Waals surface area contributed by atoms with E-state index in [0.29, 0.717) is 0 Å². The number of carboxylic acid groups (broad SMARTS) is 1. The minimum absolute atomic E-state index is 0.0978. The molecule has 0 bridgehead atoms. The lowest BCUT2D eigenvalue weighted by atomic mass is 10.3. The van der Waals surface area contributed by atoms with Gasteiger partial charge in [-0.25, -0.2) is 13.1 Å². The van der Waals surface area contributed by atoms with Crippen molar-refractivity contribution in [1.29, 1.82) is 0 Å². The topological polar surface area (TPSA) is 105 Å². The van der Waals surface area contributed by atoms with Gasteiger partial charge in [0.15, 0.2) is 4.60 Å². The highest BCUT2D eigenvalue weighted by atomic mass is 79.9. The second kappa shape index (κ2) is 5.21. The molecule has 1 aliphatic carbocycles. The summed E-state index contributed by atoms with van der Waals surface area (Å²) in [6, 6.07) is -1.05. The molecule has 11 heteroatoms. The van der Waals surface area contributed by atoms with E-state index in [1.165, 1.54) is 18.8 Å². The van der Waals surface area contributed by atoms with Crippen LogP contribution in [-0.4, -0.2) is 56.0 Å². The smallest absolute Gasteiger partial charge is 0.322 e. The molecule has 0 spiro atoms. The minimum Gasteiger partial charge on any atom is -0.480 e. The predicted molar refractivity (Wildman–Crippen MR) is 78.1 cm³/mol. The Hall–Kier alpha value is -0.650. The maximum Gasteiger partial charge on any atom is 0.322 e. The zero-order chi connectivity index (χ0) is 15.4. The quantitative estimate of drug-likeness (QED) is 0.789. The van der Waals surface area contributed by atoms with Gasteiger partial charge in [0.2, 0.25) is 5.03 Å². The van der Waals surface area contributed by atoms with Gasteiger partial charge in [-0.15, -0.1) is 16.9 Å². The van der Waals surface area contributed by atoms with E-state index in [1.807, 2.05) is 0 Å². The average molecular weight is 397 g/mol. The Labute approximate surface area is 134 Å². The number of thioether (sulfide) groups is 1. The molecular formula is C10H13BrN4O4S2. The first-order valence-corrected chi connectivity index (χ1v) is 9.55. The van der Waals surface area contributed by atoms with Crippen LogP contribution in [-0.2, 0) is 21.9 Å². The SMILES string of the molecule is Cn1nnc(Br)c1S(=O)(=O)N1C(C(=O)O)CSC1C1CC1. The highest BCUT2D eigenvalue weighted by molar-refractivity contribution is 9.10. The van der Waals surface area contributed by atoms with Crippen LogP contribution in [0.2, 0.25) is 0 Å². The lowest BCUT2D eigenvalue weighted by Gasteiger charge is -2.26. The van der Waals surface area contributed by atoms with Crippen molar-refractivity contribution >= 4 is 43.7 Å². The molecule has 0 aromatic carbocycles. The Morgan fingerprint density at radius 1 is 1.48 bits per heavy atom. The Kier molecular flexibility index (Phi) is 3.79. The number of carboxylic acids is 1. The molecule has 2 unspecified atom stereocenters. The summed E-state index contributed by atoms with van der Waals surface area (Å²) >= 11 is 4.47. The van der Waals surface area contributed by atoms with Gasteiger partial charge in [0.1, 0.15) is 6.04 Å². The van der Waals surface area contributed by atoms with E-state index in [-0.39, 0.29) is 26.7 Å². The molecule has 0 amide bonds. The van der Waals surface area contributed by atoms with Crippen LogP contribution in [0.1, 0.15) is 12.8 Å². The average Bonchev–Trinajstić information content (AvgIpc) is 3.03. The van der Waals surface area contributed by atoms with Crippen molar-refractivity contribution in [3.05, 3.63) is 4.60 Å². The van der Waals surface area contributed by atoms with Gasteiger partial charge in [-0.3, -0.25) is 4.79 Å². The maximum absolute atomic E-state index is 12.9. The highest BCUT2D eigenvalue weighted by Crippen LogP contribution is 2.47. The number of halogens is 1. The van der Waals surface area contributed by atoms with Crippen molar-refractivity contribution < 1.29 is 18.3 Å². The first kappa shape index (κ1) is 15.3. The summed E-state index contributed by atoms with van der Waals surface area (Å²) in [6.45, 7) is 0. The van der Waals surface area contributed by atoms with Crippen LogP contribution in [0.3, 0.4) is 0 Å². The van der Waals surface area contributed by atoms with E-state index in [9.17, 15) is 18.3 Å². The number of rotatable bonds is 4. The van der Waals surface area contributed by atoms with E-state index in [2.05, 4.69) is 26.2 Å². The van der Waals surface area contributed by atoms with Crippen molar-refractivity contribution in [2.24, 2.45) is 13.0 Å². The van der Waals surface area contributed by atoms with Crippen LogP contribution in [0.4, 0.5) is 0 Å².